The number of nitrogens with two attached hydrogens (primary N) is 1. The zero-order valence-electron chi connectivity index (χ0n) is 14.2. The molecule has 0 aromatic heterocycles. The van der Waals surface area contributed by atoms with Gasteiger partial charge in [0.2, 0.25) is 11.8 Å². The van der Waals surface area contributed by atoms with Gasteiger partial charge in [-0.15, -0.1) is 0 Å². The quantitative estimate of drug-likeness (QED) is 0.616. The summed E-state index contributed by atoms with van der Waals surface area (Å²) in [5.74, 6) is -1.33. The second kappa shape index (κ2) is 9.75. The highest BCUT2D eigenvalue weighted by molar-refractivity contribution is 6.37. The minimum Gasteiger partial charge on any atom is -0.368 e. The number of hydrogen-bond donors (Lipinski definition) is 3. The number of nitrogens with one attached hydrogen (secondary N) is 2. The third-order valence-corrected chi connectivity index (χ3v) is 4.17. The standard InChI is InChI=1S/C19H17Cl2N3O3/c20-15-2-1-3-16(21)14(15)8-9-18(26)23-10-12-4-6-13(7-5-12)19(27)24-11-17(22)25/h1-9H,10-11H2,(H2,22,25)(H,23,26)(H,24,27)/b9-8+. The van der Waals surface area contributed by atoms with Crippen LogP contribution < -0.4 is 16.4 Å². The van der Waals surface area contributed by atoms with Gasteiger partial charge in [-0.25, -0.2) is 0 Å². The van der Waals surface area contributed by atoms with E-state index in [1.807, 2.05) is 0 Å². The zero-order valence-corrected chi connectivity index (χ0v) is 15.7. The second-order valence-corrected chi connectivity index (χ2v) is 6.35. The Morgan fingerprint density at radius 1 is 0.963 bits per heavy atom. The van der Waals surface area contributed by atoms with Crippen LogP contribution in [0.25, 0.3) is 6.08 Å². The average Bonchev–Trinajstić information content (AvgIpc) is 2.64. The van der Waals surface area contributed by atoms with Gasteiger partial charge in [0.05, 0.1) is 6.54 Å². The summed E-state index contributed by atoms with van der Waals surface area (Å²) in [4.78, 5) is 34.4. The second-order valence-electron chi connectivity index (χ2n) is 5.53. The van der Waals surface area contributed by atoms with Crippen molar-refractivity contribution in [2.45, 2.75) is 6.54 Å². The van der Waals surface area contributed by atoms with Gasteiger partial charge in [-0.1, -0.05) is 41.4 Å². The van der Waals surface area contributed by atoms with Crippen LogP contribution in [0, 0.1) is 0 Å². The molecule has 2 aromatic carbocycles. The van der Waals surface area contributed by atoms with Gasteiger partial charge in [0.1, 0.15) is 0 Å². The number of primary amides is 1. The number of halogens is 2. The Kier molecular flexibility index (Phi) is 7.40. The maximum Gasteiger partial charge on any atom is 0.251 e. The Balaban J connectivity index is 1.89. The van der Waals surface area contributed by atoms with E-state index in [4.69, 9.17) is 28.9 Å². The van der Waals surface area contributed by atoms with Crippen molar-refractivity contribution in [3.05, 3.63) is 75.3 Å². The van der Waals surface area contributed by atoms with Crippen LogP contribution in [0.3, 0.4) is 0 Å². The SMILES string of the molecule is NC(=O)CNC(=O)c1ccc(CNC(=O)/C=C/c2c(Cl)cccc2Cl)cc1. The lowest BCUT2D eigenvalue weighted by atomic mass is 10.1. The van der Waals surface area contributed by atoms with Crippen LogP contribution in [0.4, 0.5) is 0 Å². The molecule has 0 radical (unpaired) electrons. The molecule has 0 bridgehead atoms. The highest BCUT2D eigenvalue weighted by atomic mass is 35.5. The van der Waals surface area contributed by atoms with Gasteiger partial charge >= 0.3 is 0 Å². The van der Waals surface area contributed by atoms with Crippen molar-refractivity contribution in [1.29, 1.82) is 0 Å². The number of rotatable bonds is 7. The molecule has 27 heavy (non-hydrogen) atoms. The van der Waals surface area contributed by atoms with E-state index in [1.165, 1.54) is 6.08 Å². The third kappa shape index (κ3) is 6.44. The maximum absolute atomic E-state index is 11.9. The molecule has 8 heteroatoms. The normalized spacial score (nSPS) is 10.6. The molecule has 0 saturated heterocycles. The molecule has 0 saturated carbocycles. The van der Waals surface area contributed by atoms with E-state index in [2.05, 4.69) is 10.6 Å². The van der Waals surface area contributed by atoms with Gasteiger partial charge in [0.15, 0.2) is 0 Å². The van der Waals surface area contributed by atoms with Crippen molar-refractivity contribution in [2.24, 2.45) is 5.73 Å². The van der Waals surface area contributed by atoms with Crippen LogP contribution in [0.15, 0.2) is 48.5 Å². The van der Waals surface area contributed by atoms with Crippen LogP contribution in [0.2, 0.25) is 10.0 Å². The number of carbonyl (C=O) groups excluding carboxylic acids is 3. The fraction of sp³-hybridized carbons (Fsp3) is 0.105. The van der Waals surface area contributed by atoms with E-state index in [-0.39, 0.29) is 19.0 Å². The van der Waals surface area contributed by atoms with Gasteiger partial charge in [0, 0.05) is 33.8 Å². The first-order chi connectivity index (χ1) is 12.9. The van der Waals surface area contributed by atoms with Crippen molar-refractivity contribution in [3.8, 4) is 0 Å². The summed E-state index contributed by atoms with van der Waals surface area (Å²) in [5, 5.41) is 6.03. The molecule has 0 aliphatic heterocycles. The molecule has 0 spiro atoms. The molecule has 0 fully saturated rings. The first kappa shape index (κ1) is 20.5. The summed E-state index contributed by atoms with van der Waals surface area (Å²) >= 11 is 12.1. The molecule has 6 nitrogen and oxygen atoms in total. The topological polar surface area (TPSA) is 101 Å². The monoisotopic (exact) mass is 405 g/mol. The van der Waals surface area contributed by atoms with E-state index in [1.54, 1.807) is 48.5 Å². The first-order valence-corrected chi connectivity index (χ1v) is 8.68. The molecule has 0 atom stereocenters. The Morgan fingerprint density at radius 2 is 1.59 bits per heavy atom. The van der Waals surface area contributed by atoms with E-state index >= 15 is 0 Å². The lowest BCUT2D eigenvalue weighted by Crippen LogP contribution is -2.33. The first-order valence-electron chi connectivity index (χ1n) is 7.92. The van der Waals surface area contributed by atoms with E-state index in [0.717, 1.165) is 5.56 Å². The van der Waals surface area contributed by atoms with Gasteiger partial charge < -0.3 is 16.4 Å². The Bertz CT molecular complexity index is 860. The van der Waals surface area contributed by atoms with E-state index in [9.17, 15) is 14.4 Å². The highest BCUT2D eigenvalue weighted by Gasteiger charge is 2.07. The van der Waals surface area contributed by atoms with E-state index in [0.29, 0.717) is 21.2 Å². The molecule has 2 aromatic rings. The minimum absolute atomic E-state index is 0.224. The Morgan fingerprint density at radius 3 is 2.19 bits per heavy atom. The lowest BCUT2D eigenvalue weighted by Gasteiger charge is -2.06. The minimum atomic E-state index is -0.617. The molecule has 0 aliphatic rings. The Labute approximate surface area is 166 Å². The summed E-state index contributed by atoms with van der Waals surface area (Å²) in [7, 11) is 0. The van der Waals surface area contributed by atoms with Crippen molar-refractivity contribution < 1.29 is 14.4 Å². The number of carbonyl (C=O) groups is 3. The lowest BCUT2D eigenvalue weighted by molar-refractivity contribution is -0.117. The third-order valence-electron chi connectivity index (χ3n) is 3.51. The molecular weight excluding hydrogens is 389 g/mol. The summed E-state index contributed by atoms with van der Waals surface area (Å²) in [6, 6.07) is 11.7. The molecule has 0 heterocycles. The van der Waals surface area contributed by atoms with Gasteiger partial charge in [-0.05, 0) is 35.9 Å². The van der Waals surface area contributed by atoms with E-state index < -0.39 is 11.8 Å². The zero-order chi connectivity index (χ0) is 19.8. The predicted octanol–water partition coefficient (Wildman–Crippen LogP) is 2.54. The smallest absolute Gasteiger partial charge is 0.251 e. The van der Waals surface area contributed by atoms with Gasteiger partial charge in [-0.2, -0.15) is 0 Å². The number of hydrogen-bond acceptors (Lipinski definition) is 3. The summed E-state index contributed by atoms with van der Waals surface area (Å²) in [5.41, 5.74) is 6.74. The summed E-state index contributed by atoms with van der Waals surface area (Å²) in [6.45, 7) is 0.0566. The van der Waals surface area contributed by atoms with Crippen molar-refractivity contribution >= 4 is 47.0 Å². The van der Waals surface area contributed by atoms with Crippen molar-refractivity contribution in [2.75, 3.05) is 6.54 Å². The average molecular weight is 406 g/mol. The highest BCUT2D eigenvalue weighted by Crippen LogP contribution is 2.25. The molecule has 0 unspecified atom stereocenters. The molecule has 140 valence electrons. The number of benzene rings is 2. The molecule has 2 rings (SSSR count). The van der Waals surface area contributed by atoms with Crippen molar-refractivity contribution in [1.82, 2.24) is 10.6 Å². The molecule has 3 amide bonds. The van der Waals surface area contributed by atoms with Crippen LogP contribution >= 0.6 is 23.2 Å². The number of amides is 3. The molecule has 0 aliphatic carbocycles. The Hall–Kier alpha value is -2.83. The van der Waals surface area contributed by atoms with Crippen LogP contribution in [-0.4, -0.2) is 24.3 Å². The van der Waals surface area contributed by atoms with Gasteiger partial charge in [-0.3, -0.25) is 14.4 Å². The fourth-order valence-electron chi connectivity index (χ4n) is 2.12. The largest absolute Gasteiger partial charge is 0.368 e. The fourth-order valence-corrected chi connectivity index (χ4v) is 2.64. The van der Waals surface area contributed by atoms with Crippen molar-refractivity contribution in [3.63, 3.8) is 0 Å². The summed E-state index contributed by atoms with van der Waals surface area (Å²) in [6.07, 6.45) is 2.89. The predicted molar refractivity (Wildman–Crippen MR) is 105 cm³/mol. The van der Waals surface area contributed by atoms with Crippen LogP contribution in [-0.2, 0) is 16.1 Å². The maximum atomic E-state index is 11.9. The van der Waals surface area contributed by atoms with Crippen LogP contribution in [0.5, 0.6) is 0 Å². The van der Waals surface area contributed by atoms with Gasteiger partial charge in [0.25, 0.3) is 5.91 Å². The summed E-state index contributed by atoms with van der Waals surface area (Å²) < 4.78 is 0. The molecular formula is C19H17Cl2N3O3. The van der Waals surface area contributed by atoms with Crippen LogP contribution in [0.1, 0.15) is 21.5 Å². The molecule has 4 N–H and O–H groups in total.